The summed E-state index contributed by atoms with van der Waals surface area (Å²) in [5.41, 5.74) is 3.39. The van der Waals surface area contributed by atoms with E-state index in [-0.39, 0.29) is 5.91 Å². The highest BCUT2D eigenvalue weighted by Gasteiger charge is 2.13. The number of aromatic nitrogens is 3. The molecule has 1 aromatic carbocycles. The van der Waals surface area contributed by atoms with Crippen molar-refractivity contribution in [2.75, 3.05) is 11.4 Å². The molecule has 23 heavy (non-hydrogen) atoms. The van der Waals surface area contributed by atoms with Crippen molar-refractivity contribution in [3.63, 3.8) is 0 Å². The van der Waals surface area contributed by atoms with E-state index in [1.165, 1.54) is 0 Å². The first-order valence-electron chi connectivity index (χ1n) is 7.27. The number of carbonyl (C=O) groups is 1. The summed E-state index contributed by atoms with van der Waals surface area (Å²) in [6, 6.07) is 13.1. The highest BCUT2D eigenvalue weighted by molar-refractivity contribution is 5.92. The van der Waals surface area contributed by atoms with Gasteiger partial charge in [-0.3, -0.25) is 4.79 Å². The van der Waals surface area contributed by atoms with Gasteiger partial charge in [0, 0.05) is 36.9 Å². The van der Waals surface area contributed by atoms with E-state index >= 15 is 0 Å². The van der Waals surface area contributed by atoms with Crippen LogP contribution < -0.4 is 4.90 Å². The highest BCUT2D eigenvalue weighted by Crippen LogP contribution is 2.25. The molecule has 0 aliphatic heterocycles. The number of nitrogens with zero attached hydrogens (tertiary/aromatic N) is 5. The third-order valence-corrected chi connectivity index (χ3v) is 3.62. The molecule has 3 aromatic rings. The molecule has 3 rings (SSSR count). The van der Waals surface area contributed by atoms with Crippen molar-refractivity contribution in [3.05, 3.63) is 48.3 Å². The molecule has 0 saturated carbocycles. The molecular formula is C17H15N5O. The minimum Gasteiger partial charge on any atom is -0.313 e. The lowest BCUT2D eigenvalue weighted by atomic mass is 10.1. The minimum atomic E-state index is -0.0127. The van der Waals surface area contributed by atoms with Crippen molar-refractivity contribution < 1.29 is 4.79 Å². The predicted octanol–water partition coefficient (Wildman–Crippen LogP) is 2.64. The molecule has 0 unspecified atom stereocenters. The first-order valence-corrected chi connectivity index (χ1v) is 7.27. The zero-order valence-corrected chi connectivity index (χ0v) is 12.9. The van der Waals surface area contributed by atoms with Crippen LogP contribution in [0.25, 0.3) is 16.9 Å². The molecular weight excluding hydrogens is 290 g/mol. The Bertz CT molecular complexity index is 922. The molecule has 0 radical (unpaired) electrons. The van der Waals surface area contributed by atoms with Gasteiger partial charge in [-0.15, -0.1) is 0 Å². The third kappa shape index (κ3) is 2.64. The van der Waals surface area contributed by atoms with Gasteiger partial charge >= 0.3 is 0 Å². The van der Waals surface area contributed by atoms with Crippen molar-refractivity contribution in [2.24, 2.45) is 0 Å². The first kappa shape index (κ1) is 14.7. The van der Waals surface area contributed by atoms with Crippen molar-refractivity contribution in [3.8, 4) is 17.3 Å². The number of anilines is 1. The lowest BCUT2D eigenvalue weighted by molar-refractivity contribution is -0.116. The Balaban J connectivity index is 2.18. The fraction of sp³-hybridized carbons (Fsp3) is 0.176. The van der Waals surface area contributed by atoms with Gasteiger partial charge in [-0.2, -0.15) is 10.4 Å². The molecule has 0 saturated heterocycles. The maximum atomic E-state index is 11.8. The maximum absolute atomic E-state index is 11.8. The van der Waals surface area contributed by atoms with Crippen molar-refractivity contribution in [1.29, 1.82) is 5.26 Å². The van der Waals surface area contributed by atoms with E-state index in [0.717, 1.165) is 16.9 Å². The third-order valence-electron chi connectivity index (χ3n) is 3.62. The second-order valence-electron chi connectivity index (χ2n) is 5.05. The number of carbonyl (C=O) groups excluding carboxylic acids is 1. The molecule has 2 heterocycles. The number of benzene rings is 1. The average molecular weight is 305 g/mol. The summed E-state index contributed by atoms with van der Waals surface area (Å²) >= 11 is 0. The number of hydrogen-bond acceptors (Lipinski definition) is 4. The molecule has 0 aliphatic rings. The molecule has 0 spiro atoms. The van der Waals surface area contributed by atoms with Crippen LogP contribution in [0, 0.1) is 11.3 Å². The quantitative estimate of drug-likeness (QED) is 0.745. The average Bonchev–Trinajstić information content (AvgIpc) is 3.03. The van der Waals surface area contributed by atoms with Crippen LogP contribution in [0.2, 0.25) is 0 Å². The largest absolute Gasteiger partial charge is 0.313 e. The number of rotatable bonds is 3. The summed E-state index contributed by atoms with van der Waals surface area (Å²) < 4.78 is 1.68. The van der Waals surface area contributed by atoms with Crippen molar-refractivity contribution >= 4 is 17.2 Å². The first-order chi connectivity index (χ1) is 11.1. The summed E-state index contributed by atoms with van der Waals surface area (Å²) in [6.45, 7) is 4.07. The Morgan fingerprint density at radius 2 is 2.17 bits per heavy atom. The van der Waals surface area contributed by atoms with Crippen molar-refractivity contribution in [2.45, 2.75) is 13.8 Å². The fourth-order valence-corrected chi connectivity index (χ4v) is 2.60. The van der Waals surface area contributed by atoms with Gasteiger partial charge in [0.25, 0.3) is 0 Å². The van der Waals surface area contributed by atoms with Gasteiger partial charge in [-0.25, -0.2) is 9.50 Å². The summed E-state index contributed by atoms with van der Waals surface area (Å²) in [4.78, 5) is 17.7. The number of hydrogen-bond donors (Lipinski definition) is 0. The Kier molecular flexibility index (Phi) is 3.77. The van der Waals surface area contributed by atoms with Crippen LogP contribution in [-0.2, 0) is 4.79 Å². The van der Waals surface area contributed by atoms with Crippen LogP contribution >= 0.6 is 0 Å². The molecule has 114 valence electrons. The molecule has 0 aliphatic carbocycles. The second-order valence-corrected chi connectivity index (χ2v) is 5.05. The van der Waals surface area contributed by atoms with E-state index in [0.29, 0.717) is 17.9 Å². The minimum absolute atomic E-state index is 0.0127. The summed E-state index contributed by atoms with van der Waals surface area (Å²) in [5.74, 6) is -0.0127. The van der Waals surface area contributed by atoms with E-state index < -0.39 is 0 Å². The normalized spacial score (nSPS) is 10.5. The lowest BCUT2D eigenvalue weighted by Gasteiger charge is -2.19. The summed E-state index contributed by atoms with van der Waals surface area (Å²) in [5, 5.41) is 13.4. The van der Waals surface area contributed by atoms with Gasteiger partial charge in [0.1, 0.15) is 11.8 Å². The standard InChI is InChI=1S/C17H15N5O/c1-3-21(12(2)23)15-6-4-5-13(9-15)16-10-14(11-18)20-17-7-8-19-22(16)17/h4-10H,3H2,1-2H3. The van der Waals surface area contributed by atoms with Gasteiger partial charge in [0.05, 0.1) is 11.9 Å². The SMILES string of the molecule is CCN(C(C)=O)c1cccc(-c2cc(C#N)nc3ccnn23)c1. The smallest absolute Gasteiger partial charge is 0.223 e. The second kappa shape index (κ2) is 5.89. The Hall–Kier alpha value is -3.20. The summed E-state index contributed by atoms with van der Waals surface area (Å²) in [6.07, 6.45) is 1.64. The van der Waals surface area contributed by atoms with Gasteiger partial charge in [0.2, 0.25) is 5.91 Å². The van der Waals surface area contributed by atoms with Crippen LogP contribution in [0.3, 0.4) is 0 Å². The van der Waals surface area contributed by atoms with Crippen LogP contribution in [0.1, 0.15) is 19.5 Å². The van der Waals surface area contributed by atoms with Gasteiger partial charge in [-0.1, -0.05) is 12.1 Å². The molecule has 2 aromatic heterocycles. The molecule has 0 atom stereocenters. The van der Waals surface area contributed by atoms with Crippen LogP contribution in [0.15, 0.2) is 42.6 Å². The van der Waals surface area contributed by atoms with Crippen LogP contribution in [0.5, 0.6) is 0 Å². The Labute approximate surface area is 133 Å². The Morgan fingerprint density at radius 3 is 2.87 bits per heavy atom. The van der Waals surface area contributed by atoms with Crippen molar-refractivity contribution in [1.82, 2.24) is 14.6 Å². The number of nitriles is 1. The topological polar surface area (TPSA) is 74.3 Å². The van der Waals surface area contributed by atoms with E-state index in [4.69, 9.17) is 5.26 Å². The molecule has 0 N–H and O–H groups in total. The monoisotopic (exact) mass is 305 g/mol. The number of amides is 1. The lowest BCUT2D eigenvalue weighted by Crippen LogP contribution is -2.27. The van der Waals surface area contributed by atoms with E-state index in [2.05, 4.69) is 16.2 Å². The highest BCUT2D eigenvalue weighted by atomic mass is 16.2. The summed E-state index contributed by atoms with van der Waals surface area (Å²) in [7, 11) is 0. The maximum Gasteiger partial charge on any atom is 0.223 e. The predicted molar refractivity (Wildman–Crippen MR) is 86.8 cm³/mol. The zero-order chi connectivity index (χ0) is 16.4. The van der Waals surface area contributed by atoms with Crippen LogP contribution in [0.4, 0.5) is 5.69 Å². The van der Waals surface area contributed by atoms with E-state index in [1.807, 2.05) is 31.2 Å². The molecule has 6 heteroatoms. The molecule has 6 nitrogen and oxygen atoms in total. The Morgan fingerprint density at radius 1 is 1.35 bits per heavy atom. The zero-order valence-electron chi connectivity index (χ0n) is 12.9. The van der Waals surface area contributed by atoms with Gasteiger partial charge < -0.3 is 4.90 Å². The molecule has 0 bridgehead atoms. The fourth-order valence-electron chi connectivity index (χ4n) is 2.60. The molecule has 1 amide bonds. The number of fused-ring (bicyclic) bond motifs is 1. The van der Waals surface area contributed by atoms with Crippen LogP contribution in [-0.4, -0.2) is 27.0 Å². The van der Waals surface area contributed by atoms with E-state index in [1.54, 1.807) is 34.7 Å². The van der Waals surface area contributed by atoms with Gasteiger partial charge in [-0.05, 0) is 19.1 Å². The van der Waals surface area contributed by atoms with Gasteiger partial charge in [0.15, 0.2) is 5.65 Å². The molecule has 0 fully saturated rings. The van der Waals surface area contributed by atoms with E-state index in [9.17, 15) is 4.79 Å².